The van der Waals surface area contributed by atoms with E-state index in [1.807, 2.05) is 18.7 Å². The molecule has 1 aliphatic heterocycles. The van der Waals surface area contributed by atoms with Crippen molar-refractivity contribution in [3.05, 3.63) is 5.56 Å². The van der Waals surface area contributed by atoms with Crippen molar-refractivity contribution < 1.29 is 14.6 Å². The number of carbonyl (C=O) groups is 1. The quantitative estimate of drug-likeness (QED) is 0.796. The molecule has 0 amide bonds. The van der Waals surface area contributed by atoms with Gasteiger partial charge in [0.15, 0.2) is 5.82 Å². The van der Waals surface area contributed by atoms with Crippen LogP contribution in [0, 0.1) is 0 Å². The normalized spacial score (nSPS) is 19.4. The van der Waals surface area contributed by atoms with Gasteiger partial charge in [-0.15, -0.1) is 0 Å². The summed E-state index contributed by atoms with van der Waals surface area (Å²) < 4.78 is 6.42. The van der Waals surface area contributed by atoms with Crippen LogP contribution >= 0.6 is 0 Å². The van der Waals surface area contributed by atoms with Crippen molar-refractivity contribution >= 4 is 17.6 Å². The van der Waals surface area contributed by atoms with Gasteiger partial charge in [-0.05, 0) is 26.7 Å². The Hall–Kier alpha value is -1.76. The first-order valence-electron chi connectivity index (χ1n) is 6.85. The first-order valence-corrected chi connectivity index (χ1v) is 6.85. The van der Waals surface area contributed by atoms with Gasteiger partial charge in [0.2, 0.25) is 0 Å². The minimum absolute atomic E-state index is 0.0434. The first-order chi connectivity index (χ1) is 9.45. The highest BCUT2D eigenvalue weighted by molar-refractivity contribution is 5.99. The van der Waals surface area contributed by atoms with Crippen LogP contribution in [0.3, 0.4) is 0 Å². The van der Waals surface area contributed by atoms with Gasteiger partial charge in [0, 0.05) is 19.1 Å². The summed E-state index contributed by atoms with van der Waals surface area (Å²) in [5, 5.41) is 14.2. The molecular weight excluding hydrogens is 260 g/mol. The highest BCUT2D eigenvalue weighted by Gasteiger charge is 2.29. The minimum atomic E-state index is -0.496. The van der Waals surface area contributed by atoms with E-state index in [0.717, 1.165) is 19.4 Å². The highest BCUT2D eigenvalue weighted by Crippen LogP contribution is 2.30. The van der Waals surface area contributed by atoms with Crippen LogP contribution in [-0.2, 0) is 4.74 Å². The Morgan fingerprint density at radius 1 is 1.55 bits per heavy atom. The summed E-state index contributed by atoms with van der Waals surface area (Å²) in [5.74, 6) is 0.313. The average molecular weight is 282 g/mol. The number of methoxy groups -OCH3 is 1. The van der Waals surface area contributed by atoms with E-state index in [1.54, 1.807) is 4.68 Å². The Kier molecular flexibility index (Phi) is 4.17. The maximum absolute atomic E-state index is 12.0. The average Bonchev–Trinajstić information content (AvgIpc) is 2.75. The van der Waals surface area contributed by atoms with Crippen LogP contribution < -0.4 is 10.6 Å². The number of ether oxygens (including phenoxy) is 1. The van der Waals surface area contributed by atoms with E-state index in [4.69, 9.17) is 10.5 Å². The molecule has 1 fully saturated rings. The molecule has 20 heavy (non-hydrogen) atoms. The molecule has 1 atom stereocenters. The van der Waals surface area contributed by atoms with Gasteiger partial charge < -0.3 is 20.5 Å². The van der Waals surface area contributed by atoms with Gasteiger partial charge in [0.05, 0.1) is 13.2 Å². The van der Waals surface area contributed by atoms with E-state index >= 15 is 0 Å². The molecule has 0 radical (unpaired) electrons. The van der Waals surface area contributed by atoms with Crippen LogP contribution in [0.25, 0.3) is 0 Å². The van der Waals surface area contributed by atoms with Crippen molar-refractivity contribution in [1.82, 2.24) is 9.78 Å². The van der Waals surface area contributed by atoms with E-state index in [-0.39, 0.29) is 11.6 Å². The summed E-state index contributed by atoms with van der Waals surface area (Å²) in [6, 6.07) is 0.0434. The zero-order valence-corrected chi connectivity index (χ0v) is 12.2. The second-order valence-corrected chi connectivity index (χ2v) is 5.36. The van der Waals surface area contributed by atoms with Crippen molar-refractivity contribution in [2.75, 3.05) is 30.8 Å². The van der Waals surface area contributed by atoms with Gasteiger partial charge in [-0.1, -0.05) is 0 Å². The summed E-state index contributed by atoms with van der Waals surface area (Å²) >= 11 is 0. The standard InChI is InChI=1S/C13H22N4O3/c1-8(2)17-11(14)10(13(19)20-3)12(15-17)16-6-4-5-9(18)7-16/h8-9,18H,4-7,14H2,1-3H3. The molecule has 1 aliphatic rings. The fourth-order valence-electron chi connectivity index (χ4n) is 2.50. The van der Waals surface area contributed by atoms with Gasteiger partial charge in [-0.3, -0.25) is 0 Å². The third kappa shape index (κ3) is 2.58. The number of anilines is 2. The Bertz CT molecular complexity index is 498. The molecule has 0 spiro atoms. The van der Waals surface area contributed by atoms with E-state index in [0.29, 0.717) is 18.2 Å². The lowest BCUT2D eigenvalue weighted by molar-refractivity contribution is 0.0602. The number of aromatic nitrogens is 2. The third-order valence-electron chi connectivity index (χ3n) is 3.50. The number of aliphatic hydroxyl groups is 1. The number of aliphatic hydroxyl groups excluding tert-OH is 1. The second-order valence-electron chi connectivity index (χ2n) is 5.36. The van der Waals surface area contributed by atoms with Crippen LogP contribution in [0.15, 0.2) is 0 Å². The fourth-order valence-corrected chi connectivity index (χ4v) is 2.50. The van der Waals surface area contributed by atoms with Gasteiger partial charge >= 0.3 is 5.97 Å². The highest BCUT2D eigenvalue weighted by atomic mass is 16.5. The number of nitrogens with zero attached hydrogens (tertiary/aromatic N) is 3. The van der Waals surface area contributed by atoms with Crippen LogP contribution in [0.5, 0.6) is 0 Å². The van der Waals surface area contributed by atoms with Crippen molar-refractivity contribution in [2.45, 2.75) is 38.8 Å². The maximum atomic E-state index is 12.0. The van der Waals surface area contributed by atoms with Crippen LogP contribution in [-0.4, -0.2) is 47.2 Å². The number of nitrogens with two attached hydrogens (primary N) is 1. The SMILES string of the molecule is COC(=O)c1c(N2CCCC(O)C2)nn(C(C)C)c1N. The van der Waals surface area contributed by atoms with E-state index in [2.05, 4.69) is 5.10 Å². The predicted molar refractivity (Wildman–Crippen MR) is 75.8 cm³/mol. The zero-order valence-electron chi connectivity index (χ0n) is 12.2. The number of hydrogen-bond acceptors (Lipinski definition) is 6. The summed E-state index contributed by atoms with van der Waals surface area (Å²) in [7, 11) is 1.32. The number of hydrogen-bond donors (Lipinski definition) is 2. The van der Waals surface area contributed by atoms with Crippen molar-refractivity contribution in [2.24, 2.45) is 0 Å². The van der Waals surface area contributed by atoms with Crippen molar-refractivity contribution in [3.8, 4) is 0 Å². The smallest absolute Gasteiger partial charge is 0.345 e. The van der Waals surface area contributed by atoms with Gasteiger partial charge in [0.1, 0.15) is 11.4 Å². The Morgan fingerprint density at radius 3 is 2.80 bits per heavy atom. The summed E-state index contributed by atoms with van der Waals surface area (Å²) in [5.41, 5.74) is 6.32. The van der Waals surface area contributed by atoms with Gasteiger partial charge in [-0.2, -0.15) is 5.10 Å². The Morgan fingerprint density at radius 2 is 2.25 bits per heavy atom. The number of esters is 1. The lowest BCUT2D eigenvalue weighted by atomic mass is 10.1. The molecule has 2 rings (SSSR count). The number of carbonyl (C=O) groups excluding carboxylic acids is 1. The molecule has 7 nitrogen and oxygen atoms in total. The molecule has 0 bridgehead atoms. The van der Waals surface area contributed by atoms with Crippen LogP contribution in [0.1, 0.15) is 43.1 Å². The molecule has 0 aromatic carbocycles. The summed E-state index contributed by atoms with van der Waals surface area (Å²) in [4.78, 5) is 13.9. The predicted octanol–water partition coefficient (Wildman–Crippen LogP) is 0.794. The van der Waals surface area contributed by atoms with Gasteiger partial charge in [0.25, 0.3) is 0 Å². The lowest BCUT2D eigenvalue weighted by Crippen LogP contribution is -2.39. The first kappa shape index (κ1) is 14.6. The zero-order chi connectivity index (χ0) is 14.9. The lowest BCUT2D eigenvalue weighted by Gasteiger charge is -2.30. The third-order valence-corrected chi connectivity index (χ3v) is 3.50. The molecule has 112 valence electrons. The molecule has 0 aliphatic carbocycles. The van der Waals surface area contributed by atoms with E-state index in [9.17, 15) is 9.90 Å². The molecule has 3 N–H and O–H groups in total. The van der Waals surface area contributed by atoms with Crippen LogP contribution in [0.2, 0.25) is 0 Å². The topological polar surface area (TPSA) is 93.6 Å². The largest absolute Gasteiger partial charge is 0.465 e. The molecule has 1 unspecified atom stereocenters. The Balaban J connectivity index is 2.44. The van der Waals surface area contributed by atoms with E-state index < -0.39 is 12.1 Å². The van der Waals surface area contributed by atoms with Crippen LogP contribution in [0.4, 0.5) is 11.6 Å². The summed E-state index contributed by atoms with van der Waals surface area (Å²) in [6.07, 6.45) is 1.22. The van der Waals surface area contributed by atoms with Gasteiger partial charge in [-0.25, -0.2) is 9.48 Å². The number of piperidine rings is 1. The van der Waals surface area contributed by atoms with E-state index in [1.165, 1.54) is 7.11 Å². The van der Waals surface area contributed by atoms with Crippen molar-refractivity contribution in [3.63, 3.8) is 0 Å². The minimum Gasteiger partial charge on any atom is -0.465 e. The molecule has 2 heterocycles. The second kappa shape index (κ2) is 5.70. The number of nitrogen functional groups attached to an aromatic ring is 1. The van der Waals surface area contributed by atoms with Crippen molar-refractivity contribution in [1.29, 1.82) is 0 Å². The molecular formula is C13H22N4O3. The monoisotopic (exact) mass is 282 g/mol. The maximum Gasteiger partial charge on any atom is 0.345 e. The number of rotatable bonds is 3. The fraction of sp³-hybridized carbons (Fsp3) is 0.692. The number of β-amino-alcohol motifs (C(OH)–C–C–N with tert-alkyl or cyclic N) is 1. The molecule has 1 aromatic rings. The molecule has 1 aromatic heterocycles. The molecule has 0 saturated carbocycles. The molecule has 1 saturated heterocycles. The summed E-state index contributed by atoms with van der Waals surface area (Å²) in [6.45, 7) is 5.09. The molecule has 7 heteroatoms. The Labute approximate surface area is 118 Å².